The highest BCUT2D eigenvalue weighted by atomic mass is 31.1. The summed E-state index contributed by atoms with van der Waals surface area (Å²) < 4.78 is 19.0. The number of ether oxygens (including phenoxy) is 1. The summed E-state index contributed by atoms with van der Waals surface area (Å²) >= 11 is 0. The predicted molar refractivity (Wildman–Crippen MR) is 195 cm³/mol. The van der Waals surface area contributed by atoms with E-state index in [4.69, 9.17) is 4.74 Å². The zero-order chi connectivity index (χ0) is 30.9. The minimum atomic E-state index is -1.22. The Morgan fingerprint density at radius 1 is 0.533 bits per heavy atom. The predicted octanol–water partition coefficient (Wildman–Crippen LogP) is 7.62. The molecule has 5 aromatic carbocycles. The Balaban J connectivity index is 0.000000163. The van der Waals surface area contributed by atoms with Crippen molar-refractivity contribution in [1.29, 1.82) is 0 Å². The molecule has 0 bridgehead atoms. The van der Waals surface area contributed by atoms with Crippen molar-refractivity contribution in [2.75, 3.05) is 7.11 Å². The number of benzene rings is 5. The quantitative estimate of drug-likeness (QED) is 0.129. The maximum Gasteiger partial charge on any atom is 0.163 e. The van der Waals surface area contributed by atoms with E-state index in [0.717, 1.165) is 17.1 Å². The van der Waals surface area contributed by atoms with Crippen molar-refractivity contribution in [2.24, 2.45) is 0 Å². The van der Waals surface area contributed by atoms with Crippen molar-refractivity contribution >= 4 is 41.2 Å². The third kappa shape index (κ3) is 6.80. The Hall–Kier alpha value is -3.68. The number of halogens is 1. The molecule has 0 amide bonds. The van der Waals surface area contributed by atoms with Gasteiger partial charge in [0.1, 0.15) is 17.3 Å². The van der Waals surface area contributed by atoms with Crippen LogP contribution in [-0.2, 0) is 0 Å². The van der Waals surface area contributed by atoms with Crippen LogP contribution in [0.3, 0.4) is 0 Å². The molecule has 2 saturated carbocycles. The van der Waals surface area contributed by atoms with E-state index < -0.39 is 14.1 Å². The molecular weight excluding hydrogens is 569 g/mol. The van der Waals surface area contributed by atoms with Gasteiger partial charge in [0.2, 0.25) is 0 Å². The van der Waals surface area contributed by atoms with Gasteiger partial charge in [-0.1, -0.05) is 121 Å². The Labute approximate surface area is 270 Å². The summed E-state index contributed by atoms with van der Waals surface area (Å²) in [5, 5.41) is 1.36. The molecular formula is C41H45BFOP. The van der Waals surface area contributed by atoms with Crippen LogP contribution in [0.5, 0.6) is 5.75 Å². The van der Waals surface area contributed by atoms with E-state index in [1.54, 1.807) is 19.2 Å². The highest BCUT2D eigenvalue weighted by molar-refractivity contribution is 7.67. The average Bonchev–Trinajstić information content (AvgIpc) is 3.84. The monoisotopic (exact) mass is 614 g/mol. The second-order valence-corrected chi connectivity index (χ2v) is 15.9. The molecule has 0 heterocycles. The Bertz CT molecular complexity index is 1420. The molecule has 0 aliphatic heterocycles. The van der Waals surface area contributed by atoms with E-state index in [2.05, 4.69) is 121 Å². The molecule has 2 aliphatic rings. The van der Waals surface area contributed by atoms with Crippen molar-refractivity contribution in [2.45, 2.75) is 62.7 Å². The molecule has 0 atom stereocenters. The highest BCUT2D eigenvalue weighted by Crippen LogP contribution is 2.57. The molecule has 2 fully saturated rings. The van der Waals surface area contributed by atoms with Gasteiger partial charge in [0.05, 0.1) is 18.4 Å². The fraction of sp³-hybridized carbons (Fsp3) is 0.268. The van der Waals surface area contributed by atoms with Crippen molar-refractivity contribution in [3.63, 3.8) is 0 Å². The molecule has 0 aromatic heterocycles. The number of rotatable bonds is 8. The second-order valence-electron chi connectivity index (χ2n) is 12.8. The first-order chi connectivity index (χ1) is 22.2. The molecule has 0 spiro atoms. The van der Waals surface area contributed by atoms with Gasteiger partial charge in [-0.05, 0) is 63.5 Å². The molecule has 2 aliphatic carbocycles. The van der Waals surface area contributed by atoms with Crippen LogP contribution in [0.2, 0.25) is 0 Å². The normalized spacial score (nSPS) is 15.5. The highest BCUT2D eigenvalue weighted by Gasteiger charge is 2.42. The fourth-order valence-electron chi connectivity index (χ4n) is 8.27. The van der Waals surface area contributed by atoms with Crippen LogP contribution in [0.25, 0.3) is 0 Å². The maximum atomic E-state index is 13.5. The van der Waals surface area contributed by atoms with E-state index in [9.17, 15) is 4.39 Å². The first-order valence-electron chi connectivity index (χ1n) is 16.8. The van der Waals surface area contributed by atoms with Crippen molar-refractivity contribution in [3.8, 4) is 5.75 Å². The summed E-state index contributed by atoms with van der Waals surface area (Å²) in [4.78, 5) is 0. The van der Waals surface area contributed by atoms with E-state index in [1.165, 1.54) is 78.5 Å². The molecule has 5 aromatic rings. The lowest BCUT2D eigenvalue weighted by Gasteiger charge is -2.44. The summed E-state index contributed by atoms with van der Waals surface area (Å²) in [5.41, 5.74) is 7.11. The largest absolute Gasteiger partial charge is 0.493 e. The minimum Gasteiger partial charge on any atom is -0.493 e. The molecule has 45 heavy (non-hydrogen) atoms. The lowest BCUT2D eigenvalue weighted by Crippen LogP contribution is -2.74. The molecule has 230 valence electrons. The minimum absolute atomic E-state index is 0.176. The van der Waals surface area contributed by atoms with Crippen LogP contribution in [0.4, 0.5) is 4.39 Å². The van der Waals surface area contributed by atoms with Gasteiger partial charge in [0, 0.05) is 14.0 Å². The average molecular weight is 615 g/mol. The Kier molecular flexibility index (Phi) is 10.5. The maximum absolute atomic E-state index is 13.5. The molecule has 7 rings (SSSR count). The third-order valence-electron chi connectivity index (χ3n) is 10.3. The van der Waals surface area contributed by atoms with Gasteiger partial charge in [0.25, 0.3) is 0 Å². The van der Waals surface area contributed by atoms with E-state index in [0.29, 0.717) is 0 Å². The zero-order valence-corrected chi connectivity index (χ0v) is 27.5. The number of methoxy groups -OCH3 is 1. The van der Waals surface area contributed by atoms with Gasteiger partial charge in [0.15, 0.2) is 5.75 Å². The van der Waals surface area contributed by atoms with Gasteiger partial charge < -0.3 is 4.74 Å². The van der Waals surface area contributed by atoms with Crippen LogP contribution < -0.4 is 31.9 Å². The smallest absolute Gasteiger partial charge is 0.163 e. The number of hydrogen-bond donors (Lipinski definition) is 0. The molecule has 0 unspecified atom stereocenters. The molecule has 0 N–H and O–H groups in total. The SMILES string of the molecule is COc1cc(F)ccc1[PH+](C1CCCC1)C1CCCC1.c1ccc([B-](c2ccccc2)(c2ccccc2)c2ccccc2)cc1. The summed E-state index contributed by atoms with van der Waals surface area (Å²) in [6.07, 6.45) is 9.84. The van der Waals surface area contributed by atoms with Crippen molar-refractivity contribution < 1.29 is 9.13 Å². The van der Waals surface area contributed by atoms with E-state index >= 15 is 0 Å². The van der Waals surface area contributed by atoms with Crippen LogP contribution in [0.1, 0.15) is 51.4 Å². The lowest BCUT2D eigenvalue weighted by molar-refractivity contribution is 0.414. The van der Waals surface area contributed by atoms with Gasteiger partial charge in [-0.15, -0.1) is 0 Å². The number of hydrogen-bond acceptors (Lipinski definition) is 1. The van der Waals surface area contributed by atoms with Crippen molar-refractivity contribution in [3.05, 3.63) is 145 Å². The van der Waals surface area contributed by atoms with Gasteiger partial charge >= 0.3 is 0 Å². The molecule has 1 nitrogen and oxygen atoms in total. The summed E-state index contributed by atoms with van der Waals surface area (Å²) in [5.74, 6) is 0.627. The first kappa shape index (κ1) is 31.3. The molecule has 0 saturated heterocycles. The third-order valence-corrected chi connectivity index (χ3v) is 14.2. The van der Waals surface area contributed by atoms with Crippen LogP contribution >= 0.6 is 7.92 Å². The Morgan fingerprint density at radius 2 is 0.889 bits per heavy atom. The standard InChI is InChI=1S/C24H20B.C17H24FOP/c1-5-13-21(14-6-1)25(22-15-7-2-8-16-22,23-17-9-3-10-18-23)24-19-11-4-12-20-24;1-19-16-12-13(18)10-11-17(16)20(14-6-2-3-7-14)15-8-4-5-9-15/h1-20H;10-12,14-15H,2-9H2,1H3/q-1;/p+1. The molecule has 0 radical (unpaired) electrons. The van der Waals surface area contributed by atoms with Gasteiger partial charge in [-0.3, -0.25) is 0 Å². The molecule has 4 heteroatoms. The van der Waals surface area contributed by atoms with Gasteiger partial charge in [-0.25, -0.2) is 4.39 Å². The van der Waals surface area contributed by atoms with Crippen LogP contribution in [0.15, 0.2) is 140 Å². The second kappa shape index (κ2) is 15.1. The lowest BCUT2D eigenvalue weighted by atomic mass is 9.13. The summed E-state index contributed by atoms with van der Waals surface area (Å²) in [6, 6.07) is 48.8. The fourth-order valence-corrected chi connectivity index (χ4v) is 12.6. The van der Waals surface area contributed by atoms with Crippen LogP contribution in [-0.4, -0.2) is 24.6 Å². The zero-order valence-electron chi connectivity index (χ0n) is 26.5. The van der Waals surface area contributed by atoms with Crippen LogP contribution in [0, 0.1) is 5.82 Å². The van der Waals surface area contributed by atoms with Crippen molar-refractivity contribution in [1.82, 2.24) is 0 Å². The Morgan fingerprint density at radius 3 is 1.22 bits per heavy atom. The first-order valence-corrected chi connectivity index (χ1v) is 18.5. The summed E-state index contributed by atoms with van der Waals surface area (Å²) in [6.45, 7) is 0. The van der Waals surface area contributed by atoms with E-state index in [1.807, 2.05) is 6.07 Å². The topological polar surface area (TPSA) is 9.23 Å². The van der Waals surface area contributed by atoms with E-state index in [-0.39, 0.29) is 5.82 Å². The summed E-state index contributed by atoms with van der Waals surface area (Å²) in [7, 11) is 1.05. The van der Waals surface area contributed by atoms with Gasteiger partial charge in [-0.2, -0.15) is 21.9 Å².